The summed E-state index contributed by atoms with van der Waals surface area (Å²) in [6.07, 6.45) is 1.78. The van der Waals surface area contributed by atoms with Crippen molar-refractivity contribution in [3.05, 3.63) is 105 Å². The van der Waals surface area contributed by atoms with Gasteiger partial charge in [-0.05, 0) is 87.1 Å². The molecule has 35 heavy (non-hydrogen) atoms. The van der Waals surface area contributed by atoms with Crippen LogP contribution in [0.4, 0.5) is 5.69 Å². The van der Waals surface area contributed by atoms with Crippen LogP contribution in [-0.2, 0) is 0 Å². The first kappa shape index (κ1) is 23.7. The summed E-state index contributed by atoms with van der Waals surface area (Å²) in [5, 5.41) is 16.0. The molecule has 0 saturated carbocycles. The second-order valence-corrected chi connectivity index (χ2v) is 9.91. The third-order valence-electron chi connectivity index (χ3n) is 6.66. The summed E-state index contributed by atoms with van der Waals surface area (Å²) in [5.74, 6) is 0.103. The maximum Gasteiger partial charge on any atom is 0.174 e. The lowest BCUT2D eigenvalue weighted by molar-refractivity contribution is 0.472. The van der Waals surface area contributed by atoms with Crippen LogP contribution in [0.1, 0.15) is 40.3 Å². The van der Waals surface area contributed by atoms with E-state index in [9.17, 15) is 5.11 Å². The van der Waals surface area contributed by atoms with Gasteiger partial charge in [-0.3, -0.25) is 4.98 Å². The first-order chi connectivity index (χ1) is 16.8. The number of thiocarbonyl (C=S) groups is 1. The first-order valence-corrected chi connectivity index (χ1v) is 12.4. The molecule has 0 radical (unpaired) electrons. The molecule has 2 aromatic carbocycles. The third kappa shape index (κ3) is 4.05. The molecule has 0 amide bonds. The maximum absolute atomic E-state index is 10.8. The minimum atomic E-state index is -0.277. The minimum Gasteiger partial charge on any atom is -0.506 e. The highest BCUT2D eigenvalue weighted by molar-refractivity contribution is 7.80. The number of benzene rings is 2. The highest BCUT2D eigenvalue weighted by Gasteiger charge is 2.44. The molecule has 2 atom stereocenters. The van der Waals surface area contributed by atoms with Crippen molar-refractivity contribution in [1.82, 2.24) is 14.9 Å². The molecule has 2 aromatic heterocycles. The number of rotatable bonds is 4. The Kier molecular flexibility index (Phi) is 6.21. The van der Waals surface area contributed by atoms with Crippen LogP contribution in [0, 0.1) is 20.8 Å². The van der Waals surface area contributed by atoms with Crippen molar-refractivity contribution in [3.8, 4) is 11.4 Å². The minimum absolute atomic E-state index is 0.103. The van der Waals surface area contributed by atoms with E-state index >= 15 is 0 Å². The average Bonchev–Trinajstić information content (AvgIpc) is 3.28. The lowest BCUT2D eigenvalue weighted by Gasteiger charge is -2.29. The van der Waals surface area contributed by atoms with Crippen molar-refractivity contribution in [2.75, 3.05) is 4.90 Å². The van der Waals surface area contributed by atoms with Gasteiger partial charge in [-0.1, -0.05) is 35.3 Å². The number of hydrogen-bond acceptors (Lipinski definition) is 3. The summed E-state index contributed by atoms with van der Waals surface area (Å²) in [4.78, 5) is 6.59. The lowest BCUT2D eigenvalue weighted by atomic mass is 9.93. The van der Waals surface area contributed by atoms with Gasteiger partial charge in [-0.25, -0.2) is 0 Å². The quantitative estimate of drug-likeness (QED) is 0.283. The molecule has 5 nitrogen and oxygen atoms in total. The molecule has 5 rings (SSSR count). The fourth-order valence-corrected chi connectivity index (χ4v) is 5.73. The largest absolute Gasteiger partial charge is 0.506 e. The summed E-state index contributed by atoms with van der Waals surface area (Å²) in [6, 6.07) is 18.1. The average molecular weight is 523 g/mol. The molecule has 0 bridgehead atoms. The molecule has 8 heteroatoms. The van der Waals surface area contributed by atoms with Crippen molar-refractivity contribution in [2.45, 2.75) is 32.9 Å². The lowest BCUT2D eigenvalue weighted by Crippen LogP contribution is -2.30. The van der Waals surface area contributed by atoms with Gasteiger partial charge < -0.3 is 19.9 Å². The van der Waals surface area contributed by atoms with Gasteiger partial charge in [-0.15, -0.1) is 0 Å². The number of aromatic nitrogens is 2. The molecular formula is C27H24Cl2N4OS. The Hall–Kier alpha value is -3.06. The van der Waals surface area contributed by atoms with Crippen LogP contribution in [0.15, 0.2) is 66.9 Å². The molecule has 3 heterocycles. The van der Waals surface area contributed by atoms with Crippen LogP contribution < -0.4 is 10.2 Å². The standard InChI is InChI=1S/C27H24Cl2N4OS/c1-15-16(2)32(20-8-6-7-18(28)13-20)17(3)24(15)26-25(21-9-4-5-12-30-21)31-27(35)33(26)22-14-19(29)10-11-23(22)34/h4-14,25-26,34H,1-3H3,(H,31,35)/t25-,26-/m1/s1. The highest BCUT2D eigenvalue weighted by Crippen LogP contribution is 2.47. The predicted octanol–water partition coefficient (Wildman–Crippen LogP) is 6.99. The Morgan fingerprint density at radius 3 is 2.43 bits per heavy atom. The van der Waals surface area contributed by atoms with E-state index in [-0.39, 0.29) is 17.8 Å². The topological polar surface area (TPSA) is 53.3 Å². The van der Waals surface area contributed by atoms with E-state index in [1.54, 1.807) is 24.4 Å². The number of halogens is 2. The van der Waals surface area contributed by atoms with Gasteiger partial charge in [-0.2, -0.15) is 0 Å². The summed E-state index contributed by atoms with van der Waals surface area (Å²) in [6.45, 7) is 6.32. The Bertz CT molecular complexity index is 1440. The van der Waals surface area contributed by atoms with Gasteiger partial charge in [0.1, 0.15) is 5.75 Å². The van der Waals surface area contributed by atoms with Gasteiger partial charge in [0.05, 0.1) is 23.5 Å². The van der Waals surface area contributed by atoms with E-state index in [4.69, 9.17) is 35.4 Å². The zero-order chi connectivity index (χ0) is 24.9. The van der Waals surface area contributed by atoms with Gasteiger partial charge >= 0.3 is 0 Å². The Balaban J connectivity index is 1.76. The highest BCUT2D eigenvalue weighted by atomic mass is 35.5. The fourth-order valence-electron chi connectivity index (χ4n) is 5.04. The van der Waals surface area contributed by atoms with Gasteiger partial charge in [0.15, 0.2) is 5.11 Å². The Morgan fingerprint density at radius 2 is 1.71 bits per heavy atom. The summed E-state index contributed by atoms with van der Waals surface area (Å²) >= 11 is 18.5. The van der Waals surface area contributed by atoms with Crippen LogP contribution in [0.3, 0.4) is 0 Å². The fraction of sp³-hybridized carbons (Fsp3) is 0.185. The molecule has 2 N–H and O–H groups in total. The van der Waals surface area contributed by atoms with E-state index in [1.807, 2.05) is 47.4 Å². The second-order valence-electron chi connectivity index (χ2n) is 8.65. The molecule has 1 aliphatic heterocycles. The van der Waals surface area contributed by atoms with Crippen LogP contribution in [-0.4, -0.2) is 19.8 Å². The summed E-state index contributed by atoms with van der Waals surface area (Å²) in [7, 11) is 0. The normalized spacial score (nSPS) is 17.6. The number of nitrogens with zero attached hydrogens (tertiary/aromatic N) is 3. The first-order valence-electron chi connectivity index (χ1n) is 11.2. The summed E-state index contributed by atoms with van der Waals surface area (Å²) < 4.78 is 2.21. The van der Waals surface area contributed by atoms with Crippen LogP contribution in [0.2, 0.25) is 10.0 Å². The van der Waals surface area contributed by atoms with Crippen LogP contribution >= 0.6 is 35.4 Å². The smallest absolute Gasteiger partial charge is 0.174 e. The van der Waals surface area contributed by atoms with Gasteiger partial charge in [0.25, 0.3) is 0 Å². The molecule has 0 aliphatic carbocycles. The van der Waals surface area contributed by atoms with Gasteiger partial charge in [0.2, 0.25) is 0 Å². The molecular weight excluding hydrogens is 499 g/mol. The molecule has 1 aliphatic rings. The number of aromatic hydroxyl groups is 1. The zero-order valence-corrected chi connectivity index (χ0v) is 21.8. The van der Waals surface area contributed by atoms with Crippen molar-refractivity contribution < 1.29 is 5.11 Å². The van der Waals surface area contributed by atoms with Crippen molar-refractivity contribution >= 4 is 46.2 Å². The maximum atomic E-state index is 10.8. The number of pyridine rings is 1. The summed E-state index contributed by atoms with van der Waals surface area (Å²) in [5.41, 5.74) is 6.79. The van der Waals surface area contributed by atoms with E-state index < -0.39 is 0 Å². The van der Waals surface area contributed by atoms with Crippen molar-refractivity contribution in [2.24, 2.45) is 0 Å². The molecule has 0 unspecified atom stereocenters. The van der Waals surface area contributed by atoms with Crippen LogP contribution in [0.5, 0.6) is 5.75 Å². The van der Waals surface area contributed by atoms with E-state index in [0.29, 0.717) is 20.8 Å². The molecule has 1 saturated heterocycles. The van der Waals surface area contributed by atoms with E-state index in [2.05, 4.69) is 35.6 Å². The number of phenols is 1. The molecule has 1 fully saturated rings. The molecule has 178 valence electrons. The SMILES string of the molecule is Cc1c([C@@H]2[C@@H](c3ccccn3)NC(=S)N2c2cc(Cl)ccc2O)c(C)n(-c2cccc(Cl)c2)c1C. The van der Waals surface area contributed by atoms with Gasteiger partial charge in [0, 0.05) is 38.9 Å². The number of nitrogens with one attached hydrogen (secondary N) is 1. The third-order valence-corrected chi connectivity index (χ3v) is 7.45. The Morgan fingerprint density at radius 1 is 0.943 bits per heavy atom. The van der Waals surface area contributed by atoms with E-state index in [0.717, 1.165) is 33.9 Å². The Labute approximate surface area is 219 Å². The number of phenolic OH excluding ortho intramolecular Hbond substituents is 1. The monoisotopic (exact) mass is 522 g/mol. The second kappa shape index (κ2) is 9.19. The number of hydrogen-bond donors (Lipinski definition) is 2. The molecule has 4 aromatic rings. The van der Waals surface area contributed by atoms with E-state index in [1.165, 1.54) is 0 Å². The van der Waals surface area contributed by atoms with Crippen LogP contribution in [0.25, 0.3) is 5.69 Å². The molecule has 0 spiro atoms. The number of anilines is 1. The predicted molar refractivity (Wildman–Crippen MR) is 146 cm³/mol. The van der Waals surface area contributed by atoms with Crippen molar-refractivity contribution in [1.29, 1.82) is 0 Å². The zero-order valence-electron chi connectivity index (χ0n) is 19.5. The van der Waals surface area contributed by atoms with Crippen molar-refractivity contribution in [3.63, 3.8) is 0 Å².